The van der Waals surface area contributed by atoms with E-state index >= 15 is 0 Å². The monoisotopic (exact) mass is 358 g/mol. The number of aromatic nitrogens is 7. The van der Waals surface area contributed by atoms with E-state index in [0.717, 1.165) is 6.54 Å². The molecule has 0 bridgehead atoms. The molecule has 1 saturated heterocycles. The van der Waals surface area contributed by atoms with E-state index in [2.05, 4.69) is 41.2 Å². The highest BCUT2D eigenvalue weighted by atomic mass is 16.5. The maximum absolute atomic E-state index is 9.91. The lowest BCUT2D eigenvalue weighted by molar-refractivity contribution is 0.198. The quantitative estimate of drug-likeness (QED) is 0.726. The maximum Gasteiger partial charge on any atom is 0.223 e. The van der Waals surface area contributed by atoms with Crippen LogP contribution in [-0.2, 0) is 12.0 Å². The Morgan fingerprint density at radius 3 is 2.65 bits per heavy atom. The van der Waals surface area contributed by atoms with Crippen molar-refractivity contribution in [2.75, 3.05) is 18.0 Å². The molecule has 3 aromatic rings. The molecule has 10 nitrogen and oxygen atoms in total. The number of β-amino-alcohol motifs (C(OH)–C–C–N with tert-alkyl or cyclic N) is 1. The first-order valence-corrected chi connectivity index (χ1v) is 8.65. The first-order chi connectivity index (χ1) is 12.3. The minimum atomic E-state index is -0.351. The molecule has 0 saturated carbocycles. The average molecular weight is 358 g/mol. The van der Waals surface area contributed by atoms with Gasteiger partial charge in [0.25, 0.3) is 0 Å². The molecule has 1 aliphatic rings. The number of aliphatic hydroxyl groups excluding tert-OH is 1. The Labute approximate surface area is 150 Å². The molecule has 26 heavy (non-hydrogen) atoms. The van der Waals surface area contributed by atoms with Gasteiger partial charge in [-0.05, 0) is 6.42 Å². The summed E-state index contributed by atoms with van der Waals surface area (Å²) in [4.78, 5) is 15.7. The van der Waals surface area contributed by atoms with Crippen molar-refractivity contribution in [3.8, 4) is 0 Å². The standard InChI is InChI=1S/C16H22N8O2/c1-9-17-11(21-26-9)8-24-14-12(20-22-24)13(23-6-5-10(25)7-23)18-15(19-14)16(2,3)4/h10,25H,5-8H2,1-4H3. The van der Waals surface area contributed by atoms with Crippen LogP contribution in [0.1, 0.15) is 44.7 Å². The van der Waals surface area contributed by atoms with Crippen LogP contribution in [0.2, 0.25) is 0 Å². The SMILES string of the molecule is Cc1nc(Cn2nnc3c(N4CCC(O)C4)nc(C(C)(C)C)nc32)no1. The summed E-state index contributed by atoms with van der Waals surface area (Å²) in [5.41, 5.74) is 1.01. The van der Waals surface area contributed by atoms with Crippen molar-refractivity contribution >= 4 is 17.0 Å². The Morgan fingerprint density at radius 2 is 2.04 bits per heavy atom. The summed E-state index contributed by atoms with van der Waals surface area (Å²) in [7, 11) is 0. The van der Waals surface area contributed by atoms with Crippen LogP contribution in [0.3, 0.4) is 0 Å². The summed E-state index contributed by atoms with van der Waals surface area (Å²) in [5, 5.41) is 22.3. The van der Waals surface area contributed by atoms with Gasteiger partial charge in [-0.1, -0.05) is 31.1 Å². The van der Waals surface area contributed by atoms with Gasteiger partial charge in [-0.2, -0.15) is 4.98 Å². The van der Waals surface area contributed by atoms with Gasteiger partial charge in [-0.3, -0.25) is 0 Å². The second-order valence-electron chi connectivity index (χ2n) is 7.66. The van der Waals surface area contributed by atoms with Crippen LogP contribution in [0.25, 0.3) is 11.2 Å². The zero-order chi connectivity index (χ0) is 18.5. The molecule has 1 fully saturated rings. The molecule has 0 radical (unpaired) electrons. The molecule has 138 valence electrons. The summed E-state index contributed by atoms with van der Waals surface area (Å²) in [6, 6.07) is 0. The van der Waals surface area contributed by atoms with Crippen LogP contribution in [0, 0.1) is 6.92 Å². The Balaban J connectivity index is 1.82. The second kappa shape index (κ2) is 5.97. The zero-order valence-electron chi connectivity index (χ0n) is 15.3. The minimum absolute atomic E-state index is 0.237. The van der Waals surface area contributed by atoms with E-state index in [1.54, 1.807) is 11.6 Å². The Hall–Kier alpha value is -2.62. The van der Waals surface area contributed by atoms with Crippen LogP contribution in [0.4, 0.5) is 5.82 Å². The number of aryl methyl sites for hydroxylation is 1. The van der Waals surface area contributed by atoms with E-state index in [0.29, 0.717) is 54.0 Å². The van der Waals surface area contributed by atoms with Crippen molar-refractivity contribution in [3.63, 3.8) is 0 Å². The van der Waals surface area contributed by atoms with Crippen molar-refractivity contribution in [1.82, 2.24) is 35.1 Å². The molecule has 1 N–H and O–H groups in total. The highest BCUT2D eigenvalue weighted by molar-refractivity contribution is 5.83. The van der Waals surface area contributed by atoms with E-state index in [1.807, 2.05) is 4.90 Å². The van der Waals surface area contributed by atoms with Gasteiger partial charge in [-0.25, -0.2) is 14.6 Å². The van der Waals surface area contributed by atoms with Crippen molar-refractivity contribution < 1.29 is 9.63 Å². The predicted molar refractivity (Wildman–Crippen MR) is 92.8 cm³/mol. The van der Waals surface area contributed by atoms with Gasteiger partial charge < -0.3 is 14.5 Å². The van der Waals surface area contributed by atoms with Crippen molar-refractivity contribution in [2.45, 2.75) is 52.2 Å². The molecule has 10 heteroatoms. The Bertz CT molecular complexity index is 942. The van der Waals surface area contributed by atoms with Crippen LogP contribution in [0.5, 0.6) is 0 Å². The molecule has 0 aromatic carbocycles. The average Bonchev–Trinajstić information content (AvgIpc) is 3.27. The Kier molecular flexibility index (Phi) is 3.87. The lowest BCUT2D eigenvalue weighted by Gasteiger charge is -2.21. The molecule has 0 aliphatic carbocycles. The van der Waals surface area contributed by atoms with Crippen LogP contribution < -0.4 is 4.90 Å². The molecule has 3 aromatic heterocycles. The largest absolute Gasteiger partial charge is 0.391 e. The van der Waals surface area contributed by atoms with E-state index in [-0.39, 0.29) is 11.5 Å². The lowest BCUT2D eigenvalue weighted by atomic mass is 9.96. The number of nitrogens with zero attached hydrogens (tertiary/aromatic N) is 8. The highest BCUT2D eigenvalue weighted by Gasteiger charge is 2.29. The van der Waals surface area contributed by atoms with Gasteiger partial charge in [0.2, 0.25) is 5.89 Å². The minimum Gasteiger partial charge on any atom is -0.391 e. The maximum atomic E-state index is 9.91. The topological polar surface area (TPSA) is 119 Å². The molecule has 1 atom stereocenters. The first-order valence-electron chi connectivity index (χ1n) is 8.65. The van der Waals surface area contributed by atoms with Crippen molar-refractivity contribution in [3.05, 3.63) is 17.5 Å². The molecule has 0 spiro atoms. The van der Waals surface area contributed by atoms with E-state index < -0.39 is 0 Å². The van der Waals surface area contributed by atoms with Crippen molar-refractivity contribution in [1.29, 1.82) is 0 Å². The smallest absolute Gasteiger partial charge is 0.223 e. The normalized spacial score (nSPS) is 18.2. The number of anilines is 1. The number of hydrogen-bond acceptors (Lipinski definition) is 9. The number of fused-ring (bicyclic) bond motifs is 1. The molecule has 1 unspecified atom stereocenters. The fraction of sp³-hybridized carbons (Fsp3) is 0.625. The summed E-state index contributed by atoms with van der Waals surface area (Å²) < 4.78 is 6.69. The molecular formula is C16H22N8O2. The van der Waals surface area contributed by atoms with Gasteiger partial charge in [0.05, 0.1) is 6.10 Å². The highest BCUT2D eigenvalue weighted by Crippen LogP contribution is 2.29. The van der Waals surface area contributed by atoms with Gasteiger partial charge in [0, 0.05) is 25.4 Å². The van der Waals surface area contributed by atoms with Gasteiger partial charge in [0.15, 0.2) is 22.8 Å². The number of rotatable bonds is 3. The first kappa shape index (κ1) is 16.8. The van der Waals surface area contributed by atoms with Crippen LogP contribution in [0.15, 0.2) is 4.52 Å². The third-order valence-electron chi connectivity index (χ3n) is 4.34. The zero-order valence-corrected chi connectivity index (χ0v) is 15.3. The fourth-order valence-corrected chi connectivity index (χ4v) is 2.98. The van der Waals surface area contributed by atoms with Gasteiger partial charge in [-0.15, -0.1) is 5.10 Å². The third kappa shape index (κ3) is 3.00. The van der Waals surface area contributed by atoms with Gasteiger partial charge >= 0.3 is 0 Å². The molecular weight excluding hydrogens is 336 g/mol. The summed E-state index contributed by atoms with van der Waals surface area (Å²) >= 11 is 0. The summed E-state index contributed by atoms with van der Waals surface area (Å²) in [5.74, 6) is 2.44. The van der Waals surface area contributed by atoms with E-state index in [9.17, 15) is 5.11 Å². The van der Waals surface area contributed by atoms with E-state index in [1.165, 1.54) is 0 Å². The molecule has 4 rings (SSSR count). The van der Waals surface area contributed by atoms with Crippen LogP contribution >= 0.6 is 0 Å². The third-order valence-corrected chi connectivity index (χ3v) is 4.34. The molecule has 1 aliphatic heterocycles. The molecule has 4 heterocycles. The fourth-order valence-electron chi connectivity index (χ4n) is 2.98. The molecule has 0 amide bonds. The number of aliphatic hydroxyl groups is 1. The van der Waals surface area contributed by atoms with Crippen molar-refractivity contribution in [2.24, 2.45) is 0 Å². The van der Waals surface area contributed by atoms with Crippen LogP contribution in [-0.4, -0.2) is 59.4 Å². The van der Waals surface area contributed by atoms with E-state index in [4.69, 9.17) is 14.5 Å². The lowest BCUT2D eigenvalue weighted by Crippen LogP contribution is -2.25. The summed E-state index contributed by atoms with van der Waals surface area (Å²) in [6.45, 7) is 9.51. The van der Waals surface area contributed by atoms with Gasteiger partial charge in [0.1, 0.15) is 12.4 Å². The second-order valence-corrected chi connectivity index (χ2v) is 7.66. The Morgan fingerprint density at radius 1 is 1.23 bits per heavy atom. The summed E-state index contributed by atoms with van der Waals surface area (Å²) in [6.07, 6.45) is 0.363. The number of hydrogen-bond donors (Lipinski definition) is 1. The predicted octanol–water partition coefficient (Wildman–Crippen LogP) is 0.830.